The Hall–Kier alpha value is -2.20. The normalized spacial score (nSPS) is 17.9. The fourth-order valence-corrected chi connectivity index (χ4v) is 5.36. The smallest absolute Gasteiger partial charge is 0.250 e. The lowest BCUT2D eigenvalue weighted by atomic mass is 10.1. The number of hydrogen-bond donors (Lipinski definition) is 1. The molecule has 3 heterocycles. The first-order valence-electron chi connectivity index (χ1n) is 13.7. The van der Waals surface area contributed by atoms with Gasteiger partial charge in [0.1, 0.15) is 11.4 Å². The summed E-state index contributed by atoms with van der Waals surface area (Å²) >= 11 is 0. The molecule has 2 atom stereocenters. The lowest BCUT2D eigenvalue weighted by molar-refractivity contribution is -0.0365. The molecule has 0 spiro atoms. The van der Waals surface area contributed by atoms with Crippen LogP contribution in [0.5, 0.6) is 5.75 Å². The first-order valence-corrected chi connectivity index (χ1v) is 16.6. The predicted octanol–water partition coefficient (Wildman–Crippen LogP) is 6.16. The quantitative estimate of drug-likeness (QED) is 0.237. The van der Waals surface area contributed by atoms with Gasteiger partial charge in [0.2, 0.25) is 8.32 Å². The molecule has 204 valence electrons. The Morgan fingerprint density at radius 2 is 2.05 bits per heavy atom. The molecule has 0 radical (unpaired) electrons. The molecule has 1 N–H and O–H groups in total. The minimum absolute atomic E-state index is 0.0517. The summed E-state index contributed by atoms with van der Waals surface area (Å²) in [5.41, 5.74) is 2.95. The van der Waals surface area contributed by atoms with Gasteiger partial charge in [-0.05, 0) is 75.4 Å². The molecule has 1 aliphatic rings. The molecule has 1 aromatic carbocycles. The van der Waals surface area contributed by atoms with Gasteiger partial charge >= 0.3 is 0 Å². The van der Waals surface area contributed by atoms with Crippen molar-refractivity contribution >= 4 is 19.2 Å². The van der Waals surface area contributed by atoms with Crippen LogP contribution in [0.4, 0.5) is 0 Å². The van der Waals surface area contributed by atoms with Crippen molar-refractivity contribution < 1.29 is 19.0 Å². The predicted molar refractivity (Wildman–Crippen MR) is 149 cm³/mol. The first kappa shape index (κ1) is 27.8. The summed E-state index contributed by atoms with van der Waals surface area (Å²) in [4.78, 5) is 0. The number of aryl methyl sites for hydroxylation is 1. The molecule has 2 aromatic heterocycles. The fourth-order valence-electron chi connectivity index (χ4n) is 4.34. The van der Waals surface area contributed by atoms with Crippen LogP contribution < -0.4 is 4.43 Å². The van der Waals surface area contributed by atoms with Gasteiger partial charge in [-0.15, -0.1) is 0 Å². The minimum Gasteiger partial charge on any atom is -0.543 e. The molecular formula is C28H44N4O4Si. The number of fused-ring (bicyclic) bond motifs is 1. The molecule has 8 nitrogen and oxygen atoms in total. The maximum Gasteiger partial charge on any atom is 0.250 e. The van der Waals surface area contributed by atoms with Gasteiger partial charge in [0.25, 0.3) is 0 Å². The molecule has 0 aliphatic carbocycles. The third-order valence-electron chi connectivity index (χ3n) is 7.66. The second-order valence-corrected chi connectivity index (χ2v) is 16.4. The van der Waals surface area contributed by atoms with Gasteiger partial charge in [-0.25, -0.2) is 4.68 Å². The maximum absolute atomic E-state index is 8.95. The summed E-state index contributed by atoms with van der Waals surface area (Å²) in [6.45, 7) is 15.6. The van der Waals surface area contributed by atoms with Crippen molar-refractivity contribution in [1.82, 2.24) is 19.6 Å². The van der Waals surface area contributed by atoms with E-state index in [1.807, 2.05) is 15.6 Å². The van der Waals surface area contributed by atoms with E-state index in [1.54, 1.807) is 0 Å². The maximum atomic E-state index is 8.95. The lowest BCUT2D eigenvalue weighted by Crippen LogP contribution is -2.43. The standard InChI is InChI=1S/C28H44N4O4Si/c1-21(34-17-9-15-33)13-14-31-20-22(19-29-31)27-24-18-23(36-37(5,6)28(2,3)4)11-12-25(24)32(30-27)26-10-7-8-16-35-26/h11-12,18-21,26,33H,7-10,13-17H2,1-6H3. The summed E-state index contributed by atoms with van der Waals surface area (Å²) in [5.74, 6) is 0.894. The Morgan fingerprint density at radius 3 is 2.76 bits per heavy atom. The highest BCUT2D eigenvalue weighted by atomic mass is 28.4. The van der Waals surface area contributed by atoms with Crippen molar-refractivity contribution in [3.8, 4) is 17.0 Å². The molecule has 3 aromatic rings. The highest BCUT2D eigenvalue weighted by Crippen LogP contribution is 2.39. The molecule has 0 bridgehead atoms. The van der Waals surface area contributed by atoms with Crippen LogP contribution >= 0.6 is 0 Å². The van der Waals surface area contributed by atoms with E-state index in [9.17, 15) is 0 Å². The van der Waals surface area contributed by atoms with Crippen molar-refractivity contribution in [3.63, 3.8) is 0 Å². The van der Waals surface area contributed by atoms with Gasteiger partial charge in [-0.3, -0.25) is 4.68 Å². The largest absolute Gasteiger partial charge is 0.543 e. The van der Waals surface area contributed by atoms with Crippen molar-refractivity contribution in [1.29, 1.82) is 0 Å². The number of hydrogen-bond acceptors (Lipinski definition) is 6. The number of ether oxygens (including phenoxy) is 2. The van der Waals surface area contributed by atoms with Crippen LogP contribution in [0.25, 0.3) is 22.2 Å². The number of aliphatic hydroxyl groups excluding tert-OH is 1. The van der Waals surface area contributed by atoms with E-state index in [2.05, 4.69) is 70.3 Å². The van der Waals surface area contributed by atoms with Gasteiger partial charge in [-0.2, -0.15) is 10.2 Å². The molecule has 2 unspecified atom stereocenters. The Balaban J connectivity index is 1.62. The highest BCUT2D eigenvalue weighted by Gasteiger charge is 2.39. The van der Waals surface area contributed by atoms with Crippen LogP contribution in [-0.4, -0.2) is 58.9 Å². The number of aromatic nitrogens is 4. The van der Waals surface area contributed by atoms with E-state index in [1.165, 1.54) is 0 Å². The van der Waals surface area contributed by atoms with Crippen molar-refractivity contribution in [2.24, 2.45) is 0 Å². The first-order chi connectivity index (χ1) is 17.6. The Labute approximate surface area is 222 Å². The van der Waals surface area contributed by atoms with E-state index in [-0.39, 0.29) is 24.0 Å². The van der Waals surface area contributed by atoms with Crippen LogP contribution in [0.3, 0.4) is 0 Å². The molecular weight excluding hydrogens is 484 g/mol. The molecule has 1 fully saturated rings. The van der Waals surface area contributed by atoms with E-state index in [4.69, 9.17) is 24.1 Å². The van der Waals surface area contributed by atoms with E-state index in [0.29, 0.717) is 13.0 Å². The van der Waals surface area contributed by atoms with Crippen LogP contribution in [0, 0.1) is 0 Å². The van der Waals surface area contributed by atoms with Gasteiger partial charge < -0.3 is 19.0 Å². The van der Waals surface area contributed by atoms with Crippen LogP contribution in [-0.2, 0) is 16.0 Å². The van der Waals surface area contributed by atoms with E-state index < -0.39 is 8.32 Å². The average molecular weight is 529 g/mol. The van der Waals surface area contributed by atoms with Crippen LogP contribution in [0.15, 0.2) is 30.6 Å². The van der Waals surface area contributed by atoms with Crippen LogP contribution in [0.2, 0.25) is 18.1 Å². The summed E-state index contributed by atoms with van der Waals surface area (Å²) in [6.07, 6.45) is 8.74. The van der Waals surface area contributed by atoms with Crippen LogP contribution in [0.1, 0.15) is 66.0 Å². The fraction of sp³-hybridized carbons (Fsp3) is 0.643. The zero-order valence-electron chi connectivity index (χ0n) is 23.4. The molecule has 1 aliphatic heterocycles. The van der Waals surface area contributed by atoms with Crippen molar-refractivity contribution in [3.05, 3.63) is 30.6 Å². The number of rotatable bonds is 11. The van der Waals surface area contributed by atoms with Gasteiger partial charge in [0.05, 0.1) is 17.8 Å². The molecule has 1 saturated heterocycles. The molecule has 9 heteroatoms. The summed E-state index contributed by atoms with van der Waals surface area (Å²) in [7, 11) is -1.98. The lowest BCUT2D eigenvalue weighted by Gasteiger charge is -2.36. The second-order valence-electron chi connectivity index (χ2n) is 11.7. The summed E-state index contributed by atoms with van der Waals surface area (Å²) < 4.78 is 22.5. The third kappa shape index (κ3) is 6.63. The van der Waals surface area contributed by atoms with Crippen molar-refractivity contribution in [2.45, 2.75) is 96.8 Å². The number of aliphatic hydroxyl groups is 1. The average Bonchev–Trinajstić information content (AvgIpc) is 3.47. The van der Waals surface area contributed by atoms with E-state index in [0.717, 1.165) is 66.7 Å². The molecule has 37 heavy (non-hydrogen) atoms. The van der Waals surface area contributed by atoms with Gasteiger partial charge in [0.15, 0.2) is 6.23 Å². The second kappa shape index (κ2) is 11.7. The third-order valence-corrected chi connectivity index (χ3v) is 12.0. The topological polar surface area (TPSA) is 83.6 Å². The van der Waals surface area contributed by atoms with Crippen molar-refractivity contribution in [2.75, 3.05) is 19.8 Å². The van der Waals surface area contributed by atoms with Gasteiger partial charge in [0, 0.05) is 43.5 Å². The summed E-state index contributed by atoms with van der Waals surface area (Å²) in [5, 5.41) is 19.8. The Kier molecular flexibility index (Phi) is 8.78. The Bertz CT molecular complexity index is 1160. The zero-order chi connectivity index (χ0) is 26.6. The van der Waals surface area contributed by atoms with Gasteiger partial charge in [-0.1, -0.05) is 20.8 Å². The molecule has 0 amide bonds. The number of nitrogens with zero attached hydrogens (tertiary/aromatic N) is 4. The van der Waals surface area contributed by atoms with E-state index >= 15 is 0 Å². The Morgan fingerprint density at radius 1 is 1.24 bits per heavy atom. The number of benzene rings is 1. The minimum atomic E-state index is -1.98. The zero-order valence-corrected chi connectivity index (χ0v) is 24.4. The monoisotopic (exact) mass is 528 g/mol. The molecule has 0 saturated carbocycles. The highest BCUT2D eigenvalue weighted by molar-refractivity contribution is 6.74. The SMILES string of the molecule is CC(CCn1cc(-c2nn(C3CCCCO3)c3ccc(O[Si](C)(C)C(C)(C)C)cc23)cn1)OCCCO. The molecule has 4 rings (SSSR count). The summed E-state index contributed by atoms with van der Waals surface area (Å²) in [6, 6.07) is 6.35.